The van der Waals surface area contributed by atoms with Gasteiger partial charge < -0.3 is 33.9 Å². The van der Waals surface area contributed by atoms with E-state index in [4.69, 9.17) is 18.9 Å². The third kappa shape index (κ3) is 11.1. The summed E-state index contributed by atoms with van der Waals surface area (Å²) in [6.07, 6.45) is -0.0623. The fourth-order valence-electron chi connectivity index (χ4n) is 8.90. The largest absolute Gasteiger partial charge is 0.460 e. The molecule has 0 aliphatic carbocycles. The Balaban J connectivity index is 1.59. The number of likely N-dealkylation sites (N-methyl/N-ethyl adjacent to an activating group) is 1. The summed E-state index contributed by atoms with van der Waals surface area (Å²) < 4.78 is 25.6. The van der Waals surface area contributed by atoms with Gasteiger partial charge in [0.1, 0.15) is 17.6 Å². The van der Waals surface area contributed by atoms with Gasteiger partial charge in [0.05, 0.1) is 23.9 Å². The van der Waals surface area contributed by atoms with Crippen molar-refractivity contribution in [3.63, 3.8) is 0 Å². The third-order valence-corrected chi connectivity index (χ3v) is 12.2. The normalized spacial score (nSPS) is 36.1. The van der Waals surface area contributed by atoms with Crippen molar-refractivity contribution in [1.82, 2.24) is 19.6 Å². The zero-order valence-corrected chi connectivity index (χ0v) is 34.8. The number of benzene rings is 1. The van der Waals surface area contributed by atoms with E-state index in [0.29, 0.717) is 12.8 Å². The number of methoxy groups -OCH3 is 1. The number of nitrogens with zero attached hydrogens (tertiary/aromatic N) is 4. The number of carbonyl (C=O) groups is 2. The molecule has 3 heterocycles. The van der Waals surface area contributed by atoms with E-state index in [2.05, 4.69) is 58.9 Å². The molecular formula is C42H72N4O7. The smallest absolute Gasteiger partial charge is 0.319 e. The predicted molar refractivity (Wildman–Crippen MR) is 209 cm³/mol. The van der Waals surface area contributed by atoms with Gasteiger partial charge in [-0.05, 0) is 92.4 Å². The summed E-state index contributed by atoms with van der Waals surface area (Å²) in [6.45, 7) is 22.8. The first-order chi connectivity index (χ1) is 25.0. The van der Waals surface area contributed by atoms with Gasteiger partial charge in [0.25, 0.3) is 0 Å². The number of hydrogen-bond donors (Lipinski definition) is 1. The highest BCUT2D eigenvalue weighted by Crippen LogP contribution is 2.38. The molecule has 3 aliphatic heterocycles. The number of carbonyl (C=O) groups excluding carboxylic acids is 2. The van der Waals surface area contributed by atoms with E-state index < -0.39 is 47.5 Å². The Kier molecular flexibility index (Phi) is 15.9. The summed E-state index contributed by atoms with van der Waals surface area (Å²) in [5.41, 5.74) is -1.01. The summed E-state index contributed by atoms with van der Waals surface area (Å²) in [5, 5.41) is 11.5. The van der Waals surface area contributed by atoms with Crippen LogP contribution >= 0.6 is 0 Å². The van der Waals surface area contributed by atoms with E-state index in [0.717, 1.165) is 65.2 Å². The number of aliphatic hydroxyl groups is 1. The second-order valence-electron chi connectivity index (χ2n) is 17.3. The van der Waals surface area contributed by atoms with Crippen molar-refractivity contribution in [1.29, 1.82) is 0 Å². The number of ketones is 1. The standard InChI is InChI=1S/C42H72N4O7/c1-12-19-46-27-29(2)26-42(8,50-11)38(53-39-36(47)34(43(9)10)25-30(3)51-39)31(4)37(48)41(6,7)40(49)52-32(5)35(46)28-45-23-21-44(22-24-45)20-18-33-16-14-13-15-17-33/h13-17,29-32,34-36,38-39,47H,12,18-28H2,1-11H3/t29-,30-,31+,32+,34+,35+,36-,38-,39+,42-/m1/s1. The number of rotatable bonds is 11. The maximum absolute atomic E-state index is 14.5. The first-order valence-electron chi connectivity index (χ1n) is 20.2. The van der Waals surface area contributed by atoms with Crippen LogP contribution < -0.4 is 0 Å². The van der Waals surface area contributed by atoms with E-state index in [1.54, 1.807) is 27.9 Å². The Morgan fingerprint density at radius 3 is 2.21 bits per heavy atom. The minimum absolute atomic E-state index is 0.0580. The van der Waals surface area contributed by atoms with E-state index >= 15 is 0 Å². The number of cyclic esters (lactones) is 1. The van der Waals surface area contributed by atoms with Crippen molar-refractivity contribution in [2.24, 2.45) is 17.3 Å². The lowest BCUT2D eigenvalue weighted by molar-refractivity contribution is -0.295. The summed E-state index contributed by atoms with van der Waals surface area (Å²) in [6, 6.07) is 10.4. The molecule has 302 valence electrons. The molecule has 0 spiro atoms. The third-order valence-electron chi connectivity index (χ3n) is 12.2. The van der Waals surface area contributed by atoms with Crippen molar-refractivity contribution in [3.8, 4) is 0 Å². The Morgan fingerprint density at radius 2 is 1.60 bits per heavy atom. The van der Waals surface area contributed by atoms with Crippen LogP contribution in [0.5, 0.6) is 0 Å². The van der Waals surface area contributed by atoms with Gasteiger partial charge in [-0.3, -0.25) is 19.4 Å². The molecule has 53 heavy (non-hydrogen) atoms. The first kappa shape index (κ1) is 43.8. The maximum Gasteiger partial charge on any atom is 0.319 e. The number of esters is 1. The molecule has 1 N–H and O–H groups in total. The summed E-state index contributed by atoms with van der Waals surface area (Å²) in [5.74, 6) is -1.45. The van der Waals surface area contributed by atoms with Gasteiger partial charge in [0, 0.05) is 64.9 Å². The quantitative estimate of drug-likeness (QED) is 0.259. The molecule has 3 saturated heterocycles. The topological polar surface area (TPSA) is 104 Å². The molecule has 0 saturated carbocycles. The van der Waals surface area contributed by atoms with Crippen molar-refractivity contribution in [2.75, 3.05) is 73.6 Å². The van der Waals surface area contributed by atoms with Gasteiger partial charge >= 0.3 is 5.97 Å². The molecule has 11 heteroatoms. The molecule has 0 bridgehead atoms. The Bertz CT molecular complexity index is 1290. The highest BCUT2D eigenvalue weighted by atomic mass is 16.7. The van der Waals surface area contributed by atoms with Crippen LogP contribution in [0.2, 0.25) is 0 Å². The van der Waals surface area contributed by atoms with Gasteiger partial charge in [-0.15, -0.1) is 0 Å². The number of aliphatic hydroxyl groups excluding tert-OH is 1. The second kappa shape index (κ2) is 19.3. The molecule has 4 rings (SSSR count). The molecule has 1 aromatic carbocycles. The molecule has 0 amide bonds. The van der Waals surface area contributed by atoms with Crippen molar-refractivity contribution < 1.29 is 33.6 Å². The molecule has 0 unspecified atom stereocenters. The SMILES string of the molecule is CCCN1C[C@H](C)C[C@@](C)(OC)[C@H](O[C@@H]2O[C@H](C)C[C@H](N(C)C)[C@H]2O)[C@@H](C)C(=O)C(C)(C)C(=O)O[C@@H](C)[C@@H]1CN1CCN(CCc2ccccc2)CC1. The molecular weight excluding hydrogens is 672 g/mol. The maximum atomic E-state index is 14.5. The zero-order valence-electron chi connectivity index (χ0n) is 34.8. The molecule has 0 aromatic heterocycles. The average Bonchev–Trinajstić information content (AvgIpc) is 3.12. The van der Waals surface area contributed by atoms with Gasteiger partial charge in [-0.1, -0.05) is 51.1 Å². The highest BCUT2D eigenvalue weighted by Gasteiger charge is 2.52. The van der Waals surface area contributed by atoms with E-state index in [-0.39, 0.29) is 29.9 Å². The summed E-state index contributed by atoms with van der Waals surface area (Å²) >= 11 is 0. The minimum Gasteiger partial charge on any atom is -0.460 e. The fraction of sp³-hybridized carbons (Fsp3) is 0.810. The summed E-state index contributed by atoms with van der Waals surface area (Å²) in [7, 11) is 5.54. The lowest BCUT2D eigenvalue weighted by Crippen LogP contribution is -2.59. The monoisotopic (exact) mass is 745 g/mol. The van der Waals surface area contributed by atoms with Gasteiger partial charge in [0.15, 0.2) is 12.1 Å². The van der Waals surface area contributed by atoms with Crippen LogP contribution in [0.4, 0.5) is 0 Å². The van der Waals surface area contributed by atoms with Crippen molar-refractivity contribution >= 4 is 11.8 Å². The van der Waals surface area contributed by atoms with Gasteiger partial charge in [-0.2, -0.15) is 0 Å². The lowest BCUT2D eigenvalue weighted by Gasteiger charge is -2.47. The van der Waals surface area contributed by atoms with Crippen molar-refractivity contribution in [2.45, 2.75) is 129 Å². The molecule has 11 nitrogen and oxygen atoms in total. The zero-order chi connectivity index (χ0) is 39.1. The molecule has 0 radical (unpaired) electrons. The molecule has 3 fully saturated rings. The second-order valence-corrected chi connectivity index (χ2v) is 17.3. The predicted octanol–water partition coefficient (Wildman–Crippen LogP) is 4.35. The Labute approximate surface area is 320 Å². The number of hydrogen-bond acceptors (Lipinski definition) is 11. The van der Waals surface area contributed by atoms with Crippen LogP contribution in [0.15, 0.2) is 30.3 Å². The molecule has 3 aliphatic rings. The Morgan fingerprint density at radius 1 is 0.962 bits per heavy atom. The highest BCUT2D eigenvalue weighted by molar-refractivity contribution is 6.04. The van der Waals surface area contributed by atoms with Crippen LogP contribution in [-0.2, 0) is 35.0 Å². The van der Waals surface area contributed by atoms with Crippen LogP contribution in [0, 0.1) is 17.3 Å². The van der Waals surface area contributed by atoms with Gasteiger partial charge in [-0.25, -0.2) is 0 Å². The number of ether oxygens (including phenoxy) is 4. The van der Waals surface area contributed by atoms with E-state index in [1.165, 1.54) is 5.56 Å². The van der Waals surface area contributed by atoms with Crippen LogP contribution in [0.3, 0.4) is 0 Å². The fourth-order valence-corrected chi connectivity index (χ4v) is 8.90. The van der Waals surface area contributed by atoms with Crippen LogP contribution in [0.1, 0.15) is 80.2 Å². The number of Topliss-reactive ketones (excluding diaryl/α,β-unsaturated/α-hetero) is 1. The van der Waals surface area contributed by atoms with Crippen LogP contribution in [0.25, 0.3) is 0 Å². The average molecular weight is 745 g/mol. The Hall–Kier alpha value is -1.96. The van der Waals surface area contributed by atoms with Gasteiger partial charge in [0.2, 0.25) is 0 Å². The summed E-state index contributed by atoms with van der Waals surface area (Å²) in [4.78, 5) is 38.2. The van der Waals surface area contributed by atoms with Crippen LogP contribution in [-0.4, -0.2) is 158 Å². The molecule has 1 aromatic rings. The van der Waals surface area contributed by atoms with E-state index in [9.17, 15) is 14.7 Å². The molecule has 10 atom stereocenters. The minimum atomic E-state index is -1.44. The number of piperazine rings is 1. The van der Waals surface area contributed by atoms with E-state index in [1.807, 2.05) is 39.8 Å². The van der Waals surface area contributed by atoms with Crippen molar-refractivity contribution in [3.05, 3.63) is 35.9 Å². The lowest BCUT2D eigenvalue weighted by atomic mass is 9.74. The first-order valence-corrected chi connectivity index (χ1v) is 20.2.